The van der Waals surface area contributed by atoms with Gasteiger partial charge in [-0.25, -0.2) is 14.6 Å². The fourth-order valence-corrected chi connectivity index (χ4v) is 8.91. The molecular formula is C41H52N8O4. The number of carbonyl (C=O) groups is 2. The lowest BCUT2D eigenvalue weighted by atomic mass is 9.60. The number of hydrogen-bond donors (Lipinski definition) is 3. The number of aromatic nitrogens is 4. The molecular weight excluding hydrogens is 669 g/mol. The van der Waals surface area contributed by atoms with Crippen molar-refractivity contribution in [3.8, 4) is 22.8 Å². The van der Waals surface area contributed by atoms with Crippen LogP contribution in [0.3, 0.4) is 0 Å². The van der Waals surface area contributed by atoms with Crippen LogP contribution in [0.25, 0.3) is 22.3 Å². The Bertz CT molecular complexity index is 1890. The molecule has 0 radical (unpaired) electrons. The molecule has 2 atom stereocenters. The molecule has 0 spiro atoms. The molecule has 1 aliphatic heterocycles. The van der Waals surface area contributed by atoms with Gasteiger partial charge in [0.15, 0.2) is 11.4 Å². The zero-order valence-electron chi connectivity index (χ0n) is 30.8. The maximum atomic E-state index is 12.8. The second-order valence-corrected chi connectivity index (χ2v) is 15.4. The molecule has 2 amide bonds. The van der Waals surface area contributed by atoms with Crippen molar-refractivity contribution in [3.05, 3.63) is 67.5 Å². The van der Waals surface area contributed by atoms with Crippen LogP contribution in [0.5, 0.6) is 11.5 Å². The highest BCUT2D eigenvalue weighted by molar-refractivity contribution is 6.02. The quantitative estimate of drug-likeness (QED) is 0.0949. The maximum absolute atomic E-state index is 12.8. The summed E-state index contributed by atoms with van der Waals surface area (Å²) in [6.45, 7) is 10.2. The molecule has 1 saturated heterocycles. The van der Waals surface area contributed by atoms with Gasteiger partial charge in [-0.15, -0.1) is 0 Å². The normalized spacial score (nSPS) is 22.0. The van der Waals surface area contributed by atoms with E-state index in [1.54, 1.807) is 0 Å². The minimum Gasteiger partial charge on any atom is -0.455 e. The highest BCUT2D eigenvalue weighted by Gasteiger charge is 2.40. The first kappa shape index (κ1) is 36.5. The van der Waals surface area contributed by atoms with Crippen molar-refractivity contribution in [3.63, 3.8) is 0 Å². The van der Waals surface area contributed by atoms with Gasteiger partial charge in [0, 0.05) is 38.2 Å². The molecule has 280 valence electrons. The third kappa shape index (κ3) is 8.88. The Kier molecular flexibility index (Phi) is 11.4. The number of benzene rings is 2. The summed E-state index contributed by atoms with van der Waals surface area (Å²) in [6, 6.07) is 15.0. The number of ether oxygens (including phenoxy) is 2. The lowest BCUT2D eigenvalue weighted by molar-refractivity contribution is -0.124. The summed E-state index contributed by atoms with van der Waals surface area (Å²) in [6.07, 6.45) is 12.9. The van der Waals surface area contributed by atoms with E-state index in [-0.39, 0.29) is 23.3 Å². The van der Waals surface area contributed by atoms with Gasteiger partial charge in [0.1, 0.15) is 23.6 Å². The predicted molar refractivity (Wildman–Crippen MR) is 206 cm³/mol. The highest BCUT2D eigenvalue weighted by atomic mass is 16.5. The first-order chi connectivity index (χ1) is 25.8. The number of nitrogens with two attached hydrogens (primary N) is 1. The predicted octanol–water partition coefficient (Wildman–Crippen LogP) is 6.76. The molecule has 2 aliphatic carbocycles. The van der Waals surface area contributed by atoms with Crippen LogP contribution >= 0.6 is 0 Å². The van der Waals surface area contributed by atoms with Crippen molar-refractivity contribution >= 4 is 34.4 Å². The van der Waals surface area contributed by atoms with Gasteiger partial charge in [-0.3, -0.25) is 9.59 Å². The van der Waals surface area contributed by atoms with Crippen molar-refractivity contribution < 1.29 is 19.1 Å². The van der Waals surface area contributed by atoms with Crippen LogP contribution in [-0.4, -0.2) is 75.9 Å². The number of piperidine rings is 1. The number of hydrogen-bond acceptors (Lipinski definition) is 9. The van der Waals surface area contributed by atoms with Crippen molar-refractivity contribution in [1.82, 2.24) is 30.0 Å². The zero-order chi connectivity index (χ0) is 36.8. The van der Waals surface area contributed by atoms with E-state index in [9.17, 15) is 9.59 Å². The third-order valence-electron chi connectivity index (χ3n) is 11.3. The Morgan fingerprint density at radius 3 is 2.57 bits per heavy atom. The second kappa shape index (κ2) is 16.5. The Hall–Kier alpha value is -4.81. The van der Waals surface area contributed by atoms with E-state index in [1.165, 1.54) is 50.9 Å². The summed E-state index contributed by atoms with van der Waals surface area (Å²) >= 11 is 0. The van der Waals surface area contributed by atoms with Crippen molar-refractivity contribution in [2.24, 2.45) is 17.3 Å². The third-order valence-corrected chi connectivity index (χ3v) is 11.3. The molecule has 2 aromatic heterocycles. The fourth-order valence-electron chi connectivity index (χ4n) is 8.91. The molecule has 4 aromatic rings. The molecule has 2 aromatic carbocycles. The number of para-hydroxylation sites is 1. The van der Waals surface area contributed by atoms with Gasteiger partial charge in [0.25, 0.3) is 0 Å². The van der Waals surface area contributed by atoms with Crippen LogP contribution in [0, 0.1) is 17.3 Å². The summed E-state index contributed by atoms with van der Waals surface area (Å²) in [5, 5.41) is 11.7. The van der Waals surface area contributed by atoms with E-state index < -0.39 is 0 Å². The Labute approximate surface area is 311 Å². The molecule has 2 unspecified atom stereocenters. The summed E-state index contributed by atoms with van der Waals surface area (Å²) in [4.78, 5) is 36.5. The first-order valence-corrected chi connectivity index (χ1v) is 19.1. The van der Waals surface area contributed by atoms with Crippen LogP contribution in [0.15, 0.2) is 67.5 Å². The fraction of sp³-hybridized carbons (Fsp3) is 0.488. The largest absolute Gasteiger partial charge is 0.455 e. The summed E-state index contributed by atoms with van der Waals surface area (Å²) in [5.74, 6) is 2.90. The van der Waals surface area contributed by atoms with E-state index in [4.69, 9.17) is 20.3 Å². The molecule has 4 N–H and O–H groups in total. The van der Waals surface area contributed by atoms with Gasteiger partial charge < -0.3 is 30.7 Å². The molecule has 3 fully saturated rings. The topological polar surface area (TPSA) is 150 Å². The summed E-state index contributed by atoms with van der Waals surface area (Å²) < 4.78 is 14.0. The standard InChI is InChI=1S/C41H52N8O4/c1-3-35(50)46-33-23-30(12-13-34(33)53-32-10-5-4-6-11-32)38-37-39(42)44-27-45-40(37)49(47-38)31-14-17-48(18-15-31)19-21-52-20-16-43-36(51)26-41(2)24-28-8-7-9-29(22-28)25-41/h3-6,10-13,23,27-29,31H,1,7-9,14-22,24-26H2,2H3,(H,43,51)(H,46,50)(H2,42,44,45). The van der Waals surface area contributed by atoms with Gasteiger partial charge >= 0.3 is 0 Å². The number of fused-ring (bicyclic) bond motifs is 3. The molecule has 2 bridgehead atoms. The lowest BCUT2D eigenvalue weighted by Crippen LogP contribution is -2.39. The molecule has 3 heterocycles. The van der Waals surface area contributed by atoms with E-state index in [0.29, 0.717) is 65.9 Å². The number of nitrogens with one attached hydrogen (secondary N) is 2. The molecule has 7 rings (SSSR count). The van der Waals surface area contributed by atoms with E-state index >= 15 is 0 Å². The molecule has 12 nitrogen and oxygen atoms in total. The van der Waals surface area contributed by atoms with Gasteiger partial charge in [0.05, 0.1) is 30.3 Å². The number of nitrogen functional groups attached to an aromatic ring is 1. The average molecular weight is 721 g/mol. The number of anilines is 2. The highest BCUT2D eigenvalue weighted by Crippen LogP contribution is 2.50. The zero-order valence-corrected chi connectivity index (χ0v) is 30.8. The van der Waals surface area contributed by atoms with E-state index in [0.717, 1.165) is 49.9 Å². The van der Waals surface area contributed by atoms with E-state index in [1.807, 2.05) is 53.2 Å². The van der Waals surface area contributed by atoms with Crippen LogP contribution in [0.4, 0.5) is 11.5 Å². The van der Waals surface area contributed by atoms with Gasteiger partial charge in [-0.1, -0.05) is 51.0 Å². The number of amides is 2. The van der Waals surface area contributed by atoms with Gasteiger partial charge in [0.2, 0.25) is 11.8 Å². The Morgan fingerprint density at radius 1 is 1.04 bits per heavy atom. The molecule has 3 aliphatic rings. The van der Waals surface area contributed by atoms with Crippen LogP contribution in [0.1, 0.15) is 70.8 Å². The minimum atomic E-state index is -0.358. The molecule has 53 heavy (non-hydrogen) atoms. The molecule has 2 saturated carbocycles. The van der Waals surface area contributed by atoms with E-state index in [2.05, 4.69) is 39.0 Å². The summed E-state index contributed by atoms with van der Waals surface area (Å²) in [5.41, 5.74) is 9.12. The first-order valence-electron chi connectivity index (χ1n) is 19.1. The van der Waals surface area contributed by atoms with Crippen LogP contribution in [-0.2, 0) is 14.3 Å². The summed E-state index contributed by atoms with van der Waals surface area (Å²) in [7, 11) is 0. The van der Waals surface area contributed by atoms with Crippen LogP contribution < -0.4 is 21.1 Å². The van der Waals surface area contributed by atoms with Crippen LogP contribution in [0.2, 0.25) is 0 Å². The minimum absolute atomic E-state index is 0.124. The van der Waals surface area contributed by atoms with Gasteiger partial charge in [-0.05, 0) is 85.8 Å². The lowest BCUT2D eigenvalue weighted by Gasteiger charge is -2.45. The van der Waals surface area contributed by atoms with Gasteiger partial charge in [-0.2, -0.15) is 5.10 Å². The number of nitrogens with zero attached hydrogens (tertiary/aromatic N) is 5. The van der Waals surface area contributed by atoms with Crippen molar-refractivity contribution in [1.29, 1.82) is 0 Å². The van der Waals surface area contributed by atoms with Crippen molar-refractivity contribution in [2.45, 2.75) is 70.8 Å². The van der Waals surface area contributed by atoms with Crippen molar-refractivity contribution in [2.75, 3.05) is 50.4 Å². The monoisotopic (exact) mass is 720 g/mol. The Balaban J connectivity index is 0.929. The smallest absolute Gasteiger partial charge is 0.247 e. The number of rotatable bonds is 14. The maximum Gasteiger partial charge on any atom is 0.247 e. The second-order valence-electron chi connectivity index (χ2n) is 15.4. The molecule has 12 heteroatoms. The number of carbonyl (C=O) groups excluding carboxylic acids is 2. The SMILES string of the molecule is C=CC(=O)Nc1cc(-c2nn(C3CCN(CCOCCNC(=O)CC4(C)CC5CCCC(C5)C4)CC3)c3ncnc(N)c23)ccc1Oc1ccccc1. The Morgan fingerprint density at radius 2 is 1.81 bits per heavy atom. The average Bonchev–Trinajstić information content (AvgIpc) is 3.55. The number of likely N-dealkylation sites (tertiary alicyclic amines) is 1.